The zero-order valence-corrected chi connectivity index (χ0v) is 13.2. The predicted molar refractivity (Wildman–Crippen MR) is 80.4 cm³/mol. The van der Waals surface area contributed by atoms with E-state index in [1.54, 1.807) is 0 Å². The molecule has 0 aliphatic carbocycles. The highest BCUT2D eigenvalue weighted by atomic mass is 79.9. The molecule has 1 aromatic heterocycles. The molecule has 0 fully saturated rings. The second-order valence-corrected chi connectivity index (χ2v) is 5.71. The van der Waals surface area contributed by atoms with Crippen LogP contribution in [-0.2, 0) is 19.9 Å². The Kier molecular flexibility index (Phi) is 4.42. The number of imidazole rings is 1. The predicted octanol–water partition coefficient (Wildman–Crippen LogP) is 2.93. The summed E-state index contributed by atoms with van der Waals surface area (Å²) in [6.07, 6.45) is 1.48. The molecule has 0 bridgehead atoms. The molecule has 0 amide bonds. The molecule has 1 aromatic carbocycles. The maximum Gasteiger partial charge on any atom is 0.111 e. The first kappa shape index (κ1) is 14.3. The van der Waals surface area contributed by atoms with Crippen molar-refractivity contribution < 1.29 is 5.11 Å². The maximum atomic E-state index is 9.04. The number of aliphatic hydroxyl groups is 1. The summed E-state index contributed by atoms with van der Waals surface area (Å²) in [5.41, 5.74) is 4.78. The minimum Gasteiger partial charge on any atom is -0.396 e. The first-order chi connectivity index (χ1) is 9.02. The van der Waals surface area contributed by atoms with Gasteiger partial charge in [-0.15, -0.1) is 0 Å². The van der Waals surface area contributed by atoms with E-state index in [4.69, 9.17) is 5.11 Å². The SMILES string of the molecule is Cc1cc(Cc2c(C)nc(CCO)n2C)ccc1Br. The normalized spacial score (nSPS) is 11.0. The first-order valence-corrected chi connectivity index (χ1v) is 7.19. The minimum absolute atomic E-state index is 0.140. The summed E-state index contributed by atoms with van der Waals surface area (Å²) >= 11 is 3.52. The summed E-state index contributed by atoms with van der Waals surface area (Å²) in [4.78, 5) is 4.53. The molecule has 1 heterocycles. The van der Waals surface area contributed by atoms with Crippen LogP contribution >= 0.6 is 15.9 Å². The molecule has 0 saturated heterocycles. The van der Waals surface area contributed by atoms with Crippen molar-refractivity contribution in [3.63, 3.8) is 0 Å². The van der Waals surface area contributed by atoms with E-state index in [2.05, 4.69) is 50.6 Å². The second kappa shape index (κ2) is 5.88. The number of benzene rings is 1. The lowest BCUT2D eigenvalue weighted by atomic mass is 10.1. The number of aliphatic hydroxyl groups excluding tert-OH is 1. The Labute approximate surface area is 122 Å². The van der Waals surface area contributed by atoms with Crippen molar-refractivity contribution >= 4 is 15.9 Å². The van der Waals surface area contributed by atoms with Crippen LogP contribution in [0.4, 0.5) is 0 Å². The topological polar surface area (TPSA) is 38.1 Å². The Hall–Kier alpha value is -1.13. The molecule has 0 saturated carbocycles. The van der Waals surface area contributed by atoms with Crippen LogP contribution in [0.15, 0.2) is 22.7 Å². The lowest BCUT2D eigenvalue weighted by molar-refractivity contribution is 0.295. The van der Waals surface area contributed by atoms with Gasteiger partial charge in [0.25, 0.3) is 0 Å². The van der Waals surface area contributed by atoms with Gasteiger partial charge in [-0.05, 0) is 31.0 Å². The summed E-state index contributed by atoms with van der Waals surface area (Å²) in [5, 5.41) is 9.04. The second-order valence-electron chi connectivity index (χ2n) is 4.85. The molecule has 1 N–H and O–H groups in total. The molecule has 4 heteroatoms. The molecule has 0 spiro atoms. The Morgan fingerprint density at radius 2 is 2.05 bits per heavy atom. The lowest BCUT2D eigenvalue weighted by Gasteiger charge is -2.08. The fourth-order valence-corrected chi connectivity index (χ4v) is 2.56. The van der Waals surface area contributed by atoms with Crippen LogP contribution in [0.2, 0.25) is 0 Å². The van der Waals surface area contributed by atoms with E-state index >= 15 is 0 Å². The van der Waals surface area contributed by atoms with Gasteiger partial charge in [0.15, 0.2) is 0 Å². The van der Waals surface area contributed by atoms with Gasteiger partial charge in [-0.3, -0.25) is 0 Å². The number of hydrogen-bond acceptors (Lipinski definition) is 2. The zero-order valence-electron chi connectivity index (χ0n) is 11.6. The number of rotatable bonds is 4. The molecule has 19 heavy (non-hydrogen) atoms. The van der Waals surface area contributed by atoms with Gasteiger partial charge < -0.3 is 9.67 Å². The van der Waals surface area contributed by atoms with Gasteiger partial charge in [0.2, 0.25) is 0 Å². The van der Waals surface area contributed by atoms with Crippen LogP contribution < -0.4 is 0 Å². The van der Waals surface area contributed by atoms with Crippen molar-refractivity contribution in [1.82, 2.24) is 9.55 Å². The highest BCUT2D eigenvalue weighted by Crippen LogP contribution is 2.20. The third-order valence-corrected chi connectivity index (χ3v) is 4.33. The third-order valence-electron chi connectivity index (χ3n) is 3.44. The van der Waals surface area contributed by atoms with Crippen LogP contribution in [0.3, 0.4) is 0 Å². The van der Waals surface area contributed by atoms with E-state index in [9.17, 15) is 0 Å². The third kappa shape index (κ3) is 3.07. The number of nitrogens with zero attached hydrogens (tertiary/aromatic N) is 2. The molecule has 0 aliphatic rings. The highest BCUT2D eigenvalue weighted by Gasteiger charge is 2.11. The average Bonchev–Trinajstić information content (AvgIpc) is 2.62. The first-order valence-electron chi connectivity index (χ1n) is 6.40. The van der Waals surface area contributed by atoms with E-state index in [1.807, 2.05) is 14.0 Å². The minimum atomic E-state index is 0.140. The fourth-order valence-electron chi connectivity index (χ4n) is 2.31. The Bertz CT molecular complexity index is 590. The van der Waals surface area contributed by atoms with Crippen LogP contribution in [0.25, 0.3) is 0 Å². The highest BCUT2D eigenvalue weighted by molar-refractivity contribution is 9.10. The fraction of sp³-hybridized carbons (Fsp3) is 0.400. The van der Waals surface area contributed by atoms with Gasteiger partial charge >= 0.3 is 0 Å². The monoisotopic (exact) mass is 322 g/mol. The summed E-state index contributed by atoms with van der Waals surface area (Å²) in [6.45, 7) is 4.27. The van der Waals surface area contributed by atoms with Crippen molar-refractivity contribution in [2.24, 2.45) is 7.05 Å². The molecule has 2 rings (SSSR count). The van der Waals surface area contributed by atoms with E-state index in [0.29, 0.717) is 6.42 Å². The molecular formula is C15H19BrN2O. The molecule has 0 radical (unpaired) electrons. The molecule has 0 aliphatic heterocycles. The lowest BCUT2D eigenvalue weighted by Crippen LogP contribution is -2.05. The number of hydrogen-bond donors (Lipinski definition) is 1. The number of halogens is 1. The Balaban J connectivity index is 2.30. The van der Waals surface area contributed by atoms with Gasteiger partial charge in [0.05, 0.1) is 12.3 Å². The summed E-state index contributed by atoms with van der Waals surface area (Å²) in [6, 6.07) is 6.42. The van der Waals surface area contributed by atoms with Crippen molar-refractivity contribution in [3.8, 4) is 0 Å². The molecule has 0 atom stereocenters. The average molecular weight is 323 g/mol. The summed E-state index contributed by atoms with van der Waals surface area (Å²) in [7, 11) is 2.02. The number of aryl methyl sites for hydroxylation is 2. The standard InChI is InChI=1S/C15H19BrN2O/c1-10-8-12(4-5-13(10)16)9-14-11(2)17-15(6-7-19)18(14)3/h4-5,8,19H,6-7,9H2,1-3H3. The van der Waals surface area contributed by atoms with Crippen molar-refractivity contribution in [3.05, 3.63) is 51.0 Å². The number of aromatic nitrogens is 2. The van der Waals surface area contributed by atoms with Crippen LogP contribution in [-0.4, -0.2) is 21.3 Å². The van der Waals surface area contributed by atoms with Gasteiger partial charge in [-0.25, -0.2) is 4.98 Å². The Morgan fingerprint density at radius 1 is 1.32 bits per heavy atom. The van der Waals surface area contributed by atoms with E-state index < -0.39 is 0 Å². The molecule has 0 unspecified atom stereocenters. The van der Waals surface area contributed by atoms with E-state index in [1.165, 1.54) is 16.8 Å². The largest absolute Gasteiger partial charge is 0.396 e. The summed E-state index contributed by atoms with van der Waals surface area (Å²) in [5.74, 6) is 0.948. The van der Waals surface area contributed by atoms with Crippen molar-refractivity contribution in [2.75, 3.05) is 6.61 Å². The van der Waals surface area contributed by atoms with Crippen LogP contribution in [0.1, 0.15) is 28.3 Å². The molecule has 102 valence electrons. The van der Waals surface area contributed by atoms with Gasteiger partial charge in [-0.1, -0.05) is 28.1 Å². The van der Waals surface area contributed by atoms with Crippen molar-refractivity contribution in [2.45, 2.75) is 26.7 Å². The van der Waals surface area contributed by atoms with E-state index in [0.717, 1.165) is 22.4 Å². The van der Waals surface area contributed by atoms with E-state index in [-0.39, 0.29) is 6.61 Å². The maximum absolute atomic E-state index is 9.04. The molecule has 2 aromatic rings. The molecule has 3 nitrogen and oxygen atoms in total. The zero-order chi connectivity index (χ0) is 14.0. The van der Waals surface area contributed by atoms with Gasteiger partial charge in [-0.2, -0.15) is 0 Å². The van der Waals surface area contributed by atoms with Gasteiger partial charge in [0, 0.05) is 30.1 Å². The Morgan fingerprint density at radius 3 is 2.68 bits per heavy atom. The van der Waals surface area contributed by atoms with Crippen LogP contribution in [0.5, 0.6) is 0 Å². The quantitative estimate of drug-likeness (QED) is 0.939. The van der Waals surface area contributed by atoms with Crippen LogP contribution in [0, 0.1) is 13.8 Å². The smallest absolute Gasteiger partial charge is 0.111 e. The van der Waals surface area contributed by atoms with Crippen molar-refractivity contribution in [1.29, 1.82) is 0 Å². The summed E-state index contributed by atoms with van der Waals surface area (Å²) < 4.78 is 3.24. The molecular weight excluding hydrogens is 304 g/mol. The van der Waals surface area contributed by atoms with Gasteiger partial charge in [0.1, 0.15) is 5.82 Å².